The van der Waals surface area contributed by atoms with Crippen molar-refractivity contribution in [3.05, 3.63) is 16.6 Å². The molecule has 2 aliphatic heterocycles. The predicted octanol–water partition coefficient (Wildman–Crippen LogP) is 0.778. The van der Waals surface area contributed by atoms with Crippen LogP contribution in [0.25, 0.3) is 0 Å². The van der Waals surface area contributed by atoms with Crippen molar-refractivity contribution >= 4 is 17.2 Å². The van der Waals surface area contributed by atoms with Crippen LogP contribution in [-0.2, 0) is 4.79 Å². The van der Waals surface area contributed by atoms with Gasteiger partial charge in [0.2, 0.25) is 5.91 Å². The highest BCUT2D eigenvalue weighted by Crippen LogP contribution is 2.33. The van der Waals surface area contributed by atoms with Crippen LogP contribution in [0, 0.1) is 0 Å². The van der Waals surface area contributed by atoms with Crippen LogP contribution in [0.15, 0.2) is 11.7 Å². The van der Waals surface area contributed by atoms with Crippen LogP contribution in [-0.4, -0.2) is 34.9 Å². The number of hydrogen-bond acceptors (Lipinski definition) is 4. The standard InChI is InChI=1S/C10H13N3OS/c14-9-2-1-7-10(8-5-11-6-15-8)12-3-4-13(7)9/h5-7,10,12H,1-4H2. The Bertz CT molecular complexity index is 365. The largest absolute Gasteiger partial charge is 0.336 e. The minimum atomic E-state index is 0.303. The lowest BCUT2D eigenvalue weighted by atomic mass is 10.0. The molecule has 1 N–H and O–H groups in total. The third kappa shape index (κ3) is 1.46. The van der Waals surface area contributed by atoms with Gasteiger partial charge >= 0.3 is 0 Å². The van der Waals surface area contributed by atoms with Crippen molar-refractivity contribution in [2.75, 3.05) is 13.1 Å². The number of amides is 1. The average Bonchev–Trinajstić information content (AvgIpc) is 2.88. The van der Waals surface area contributed by atoms with Gasteiger partial charge in [-0.2, -0.15) is 0 Å². The molecule has 0 radical (unpaired) electrons. The van der Waals surface area contributed by atoms with Gasteiger partial charge in [-0.15, -0.1) is 11.3 Å². The molecule has 3 heterocycles. The van der Waals surface area contributed by atoms with Gasteiger partial charge in [0, 0.05) is 30.6 Å². The van der Waals surface area contributed by atoms with Crippen LogP contribution in [0.2, 0.25) is 0 Å². The minimum Gasteiger partial charge on any atom is -0.336 e. The summed E-state index contributed by atoms with van der Waals surface area (Å²) in [5, 5.41) is 3.49. The van der Waals surface area contributed by atoms with E-state index in [9.17, 15) is 4.79 Å². The molecule has 1 aromatic heterocycles. The van der Waals surface area contributed by atoms with E-state index in [1.807, 2.05) is 16.6 Å². The van der Waals surface area contributed by atoms with E-state index in [4.69, 9.17) is 0 Å². The van der Waals surface area contributed by atoms with Gasteiger partial charge in [-0.1, -0.05) is 0 Å². The average molecular weight is 223 g/mol. The second-order valence-electron chi connectivity index (χ2n) is 4.03. The van der Waals surface area contributed by atoms with Gasteiger partial charge in [-0.25, -0.2) is 0 Å². The van der Waals surface area contributed by atoms with Gasteiger partial charge < -0.3 is 10.2 Å². The molecule has 1 amide bonds. The molecular weight excluding hydrogens is 210 g/mol. The third-order valence-electron chi connectivity index (χ3n) is 3.23. The molecular formula is C10H13N3OS. The van der Waals surface area contributed by atoms with Gasteiger partial charge in [-0.05, 0) is 6.42 Å². The van der Waals surface area contributed by atoms with Crippen molar-refractivity contribution in [1.29, 1.82) is 0 Å². The van der Waals surface area contributed by atoms with Crippen LogP contribution < -0.4 is 5.32 Å². The molecule has 0 spiro atoms. The molecule has 2 atom stereocenters. The Hall–Kier alpha value is -0.940. The fourth-order valence-corrected chi connectivity index (χ4v) is 3.29. The molecule has 5 heteroatoms. The van der Waals surface area contributed by atoms with E-state index in [-0.39, 0.29) is 0 Å². The molecule has 0 aromatic carbocycles. The van der Waals surface area contributed by atoms with Gasteiger partial charge in [0.1, 0.15) is 0 Å². The van der Waals surface area contributed by atoms with Crippen molar-refractivity contribution in [3.63, 3.8) is 0 Å². The summed E-state index contributed by atoms with van der Waals surface area (Å²) in [6.07, 6.45) is 3.60. The lowest BCUT2D eigenvalue weighted by molar-refractivity contribution is -0.130. The molecule has 80 valence electrons. The molecule has 0 aliphatic carbocycles. The van der Waals surface area contributed by atoms with Crippen LogP contribution >= 0.6 is 11.3 Å². The first-order chi connectivity index (χ1) is 7.36. The predicted molar refractivity (Wildman–Crippen MR) is 57.6 cm³/mol. The summed E-state index contributed by atoms with van der Waals surface area (Å²) in [6.45, 7) is 1.75. The van der Waals surface area contributed by atoms with Crippen molar-refractivity contribution in [3.8, 4) is 0 Å². The summed E-state index contributed by atoms with van der Waals surface area (Å²) in [5.74, 6) is 0.316. The smallest absolute Gasteiger partial charge is 0.223 e. The Morgan fingerprint density at radius 3 is 3.33 bits per heavy atom. The monoisotopic (exact) mass is 223 g/mol. The lowest BCUT2D eigenvalue weighted by Crippen LogP contribution is -2.51. The van der Waals surface area contributed by atoms with E-state index < -0.39 is 0 Å². The van der Waals surface area contributed by atoms with E-state index in [0.29, 0.717) is 24.4 Å². The molecule has 2 unspecified atom stereocenters. The molecule has 1 aromatic rings. The van der Waals surface area contributed by atoms with Crippen molar-refractivity contribution < 1.29 is 4.79 Å². The molecule has 3 rings (SSSR count). The third-order valence-corrected chi connectivity index (χ3v) is 4.09. The lowest BCUT2D eigenvalue weighted by Gasteiger charge is -2.36. The number of fused-ring (bicyclic) bond motifs is 1. The summed E-state index contributed by atoms with van der Waals surface area (Å²) in [5.41, 5.74) is 1.85. The van der Waals surface area contributed by atoms with E-state index in [0.717, 1.165) is 19.5 Å². The number of carbonyl (C=O) groups is 1. The van der Waals surface area contributed by atoms with Crippen LogP contribution in [0.1, 0.15) is 23.8 Å². The first kappa shape index (κ1) is 9.30. The number of thiazole rings is 1. The maximum atomic E-state index is 11.6. The zero-order chi connectivity index (χ0) is 10.3. The summed E-state index contributed by atoms with van der Waals surface area (Å²) in [4.78, 5) is 19.0. The molecule has 0 bridgehead atoms. The maximum absolute atomic E-state index is 11.6. The van der Waals surface area contributed by atoms with Crippen molar-refractivity contribution in [1.82, 2.24) is 15.2 Å². The Kier molecular flexibility index (Phi) is 2.21. The first-order valence-corrected chi connectivity index (χ1v) is 6.15. The highest BCUT2D eigenvalue weighted by Gasteiger charge is 2.39. The first-order valence-electron chi connectivity index (χ1n) is 5.27. The van der Waals surface area contributed by atoms with Crippen LogP contribution in [0.3, 0.4) is 0 Å². The van der Waals surface area contributed by atoms with Gasteiger partial charge in [-0.3, -0.25) is 9.78 Å². The Labute approximate surface area is 92.3 Å². The van der Waals surface area contributed by atoms with E-state index in [1.54, 1.807) is 11.3 Å². The molecule has 2 aliphatic rings. The number of hydrogen-bond donors (Lipinski definition) is 1. The van der Waals surface area contributed by atoms with E-state index in [1.165, 1.54) is 4.88 Å². The van der Waals surface area contributed by atoms with Crippen molar-refractivity contribution in [2.24, 2.45) is 0 Å². The number of aromatic nitrogens is 1. The highest BCUT2D eigenvalue weighted by atomic mass is 32.1. The second-order valence-corrected chi connectivity index (χ2v) is 4.95. The minimum absolute atomic E-state index is 0.303. The number of nitrogens with one attached hydrogen (secondary N) is 1. The summed E-state index contributed by atoms with van der Waals surface area (Å²) in [7, 11) is 0. The van der Waals surface area contributed by atoms with Gasteiger partial charge in [0.25, 0.3) is 0 Å². The Balaban J connectivity index is 1.88. The fraction of sp³-hybridized carbons (Fsp3) is 0.600. The number of rotatable bonds is 1. The summed E-state index contributed by atoms with van der Waals surface area (Å²) >= 11 is 1.67. The van der Waals surface area contributed by atoms with E-state index in [2.05, 4.69) is 10.3 Å². The summed E-state index contributed by atoms with van der Waals surface area (Å²) in [6, 6.07) is 0.657. The highest BCUT2D eigenvalue weighted by molar-refractivity contribution is 7.09. The molecule has 2 fully saturated rings. The molecule has 4 nitrogen and oxygen atoms in total. The van der Waals surface area contributed by atoms with E-state index >= 15 is 0 Å². The Morgan fingerprint density at radius 1 is 1.60 bits per heavy atom. The SMILES string of the molecule is O=C1CCC2C(c3cncs3)NCCN12. The van der Waals surface area contributed by atoms with Crippen molar-refractivity contribution in [2.45, 2.75) is 24.9 Å². The number of nitrogens with zero attached hydrogens (tertiary/aromatic N) is 2. The number of piperazine rings is 1. The van der Waals surface area contributed by atoms with Crippen LogP contribution in [0.4, 0.5) is 0 Å². The normalized spacial score (nSPS) is 30.7. The summed E-state index contributed by atoms with van der Waals surface area (Å²) < 4.78 is 0. The number of carbonyl (C=O) groups excluding carboxylic acids is 1. The molecule has 2 saturated heterocycles. The second kappa shape index (κ2) is 3.57. The maximum Gasteiger partial charge on any atom is 0.223 e. The molecule has 15 heavy (non-hydrogen) atoms. The fourth-order valence-electron chi connectivity index (χ4n) is 2.54. The topological polar surface area (TPSA) is 45.2 Å². The van der Waals surface area contributed by atoms with Gasteiger partial charge in [0.15, 0.2) is 0 Å². The quantitative estimate of drug-likeness (QED) is 0.765. The zero-order valence-corrected chi connectivity index (χ0v) is 9.17. The molecule has 0 saturated carbocycles. The van der Waals surface area contributed by atoms with Gasteiger partial charge in [0.05, 0.1) is 17.6 Å². The zero-order valence-electron chi connectivity index (χ0n) is 8.35. The van der Waals surface area contributed by atoms with Crippen LogP contribution in [0.5, 0.6) is 0 Å². The Morgan fingerprint density at radius 2 is 2.53 bits per heavy atom.